The van der Waals surface area contributed by atoms with E-state index < -0.39 is 6.10 Å². The second-order valence-electron chi connectivity index (χ2n) is 6.80. The number of rotatable bonds is 7. The van der Waals surface area contributed by atoms with Gasteiger partial charge in [-0.1, -0.05) is 42.5 Å². The molecule has 4 nitrogen and oxygen atoms in total. The summed E-state index contributed by atoms with van der Waals surface area (Å²) in [4.78, 5) is 26.5. The van der Waals surface area contributed by atoms with Gasteiger partial charge in [0.15, 0.2) is 11.9 Å². The number of ether oxygens (including phenoxy) is 1. The molecule has 0 aliphatic carbocycles. The Labute approximate surface area is 169 Å². The number of hydrogen-bond donors (Lipinski definition) is 0. The summed E-state index contributed by atoms with van der Waals surface area (Å²) >= 11 is 0. The van der Waals surface area contributed by atoms with Crippen molar-refractivity contribution < 1.29 is 18.7 Å². The van der Waals surface area contributed by atoms with E-state index in [-0.39, 0.29) is 24.1 Å². The van der Waals surface area contributed by atoms with Gasteiger partial charge in [0.2, 0.25) is 0 Å². The highest BCUT2D eigenvalue weighted by atomic mass is 19.1. The molecule has 3 aromatic rings. The minimum Gasteiger partial charge on any atom is -0.481 e. The van der Waals surface area contributed by atoms with Crippen molar-refractivity contribution in [3.8, 4) is 5.75 Å². The van der Waals surface area contributed by atoms with Gasteiger partial charge in [0.05, 0.1) is 0 Å². The maximum atomic E-state index is 13.3. The van der Waals surface area contributed by atoms with Gasteiger partial charge < -0.3 is 9.64 Å². The summed E-state index contributed by atoms with van der Waals surface area (Å²) < 4.78 is 19.0. The van der Waals surface area contributed by atoms with Gasteiger partial charge in [0.1, 0.15) is 11.6 Å². The first kappa shape index (κ1) is 20.3. The third-order valence-electron chi connectivity index (χ3n) is 4.50. The van der Waals surface area contributed by atoms with Crippen LogP contribution in [-0.4, -0.2) is 29.7 Å². The molecular formula is C24H22FNO3. The van der Waals surface area contributed by atoms with Crippen molar-refractivity contribution in [1.29, 1.82) is 0 Å². The Kier molecular flexibility index (Phi) is 6.39. The van der Waals surface area contributed by atoms with Crippen molar-refractivity contribution in [1.82, 2.24) is 4.90 Å². The number of ketones is 1. The number of carbonyl (C=O) groups is 2. The second-order valence-corrected chi connectivity index (χ2v) is 6.80. The van der Waals surface area contributed by atoms with Gasteiger partial charge in [-0.3, -0.25) is 9.59 Å². The van der Waals surface area contributed by atoms with Crippen LogP contribution in [0, 0.1) is 5.82 Å². The van der Waals surface area contributed by atoms with Crippen molar-refractivity contribution in [2.75, 3.05) is 7.05 Å². The van der Waals surface area contributed by atoms with Crippen LogP contribution in [0.5, 0.6) is 5.75 Å². The van der Waals surface area contributed by atoms with E-state index in [4.69, 9.17) is 4.74 Å². The molecular weight excluding hydrogens is 369 g/mol. The molecule has 0 aliphatic rings. The fraction of sp³-hybridized carbons (Fsp3) is 0.167. The molecule has 0 spiro atoms. The second kappa shape index (κ2) is 9.15. The number of benzene rings is 3. The molecule has 29 heavy (non-hydrogen) atoms. The molecule has 3 aromatic carbocycles. The van der Waals surface area contributed by atoms with Crippen LogP contribution in [0.3, 0.4) is 0 Å². The van der Waals surface area contributed by atoms with E-state index in [2.05, 4.69) is 0 Å². The van der Waals surface area contributed by atoms with E-state index in [1.807, 2.05) is 18.2 Å². The quantitative estimate of drug-likeness (QED) is 0.558. The first-order chi connectivity index (χ1) is 13.9. The van der Waals surface area contributed by atoms with Crippen molar-refractivity contribution in [2.45, 2.75) is 19.6 Å². The Hall–Kier alpha value is -3.47. The van der Waals surface area contributed by atoms with Crippen LogP contribution < -0.4 is 4.74 Å². The van der Waals surface area contributed by atoms with Crippen LogP contribution in [0.25, 0.3) is 0 Å². The molecule has 0 radical (unpaired) electrons. The zero-order valence-electron chi connectivity index (χ0n) is 16.3. The van der Waals surface area contributed by atoms with Crippen LogP contribution in [0.15, 0.2) is 78.9 Å². The molecule has 0 heterocycles. The van der Waals surface area contributed by atoms with E-state index >= 15 is 0 Å². The maximum Gasteiger partial charge on any atom is 0.263 e. The molecule has 0 saturated carbocycles. The molecule has 148 valence electrons. The van der Waals surface area contributed by atoms with Crippen LogP contribution in [0.2, 0.25) is 0 Å². The summed E-state index contributed by atoms with van der Waals surface area (Å²) in [5.41, 5.74) is 1.87. The minimum atomic E-state index is -0.718. The van der Waals surface area contributed by atoms with Gasteiger partial charge in [-0.2, -0.15) is 0 Å². The largest absolute Gasteiger partial charge is 0.481 e. The predicted molar refractivity (Wildman–Crippen MR) is 109 cm³/mol. The van der Waals surface area contributed by atoms with Crippen molar-refractivity contribution in [3.05, 3.63) is 101 Å². The molecule has 0 saturated heterocycles. The average Bonchev–Trinajstić information content (AvgIpc) is 2.74. The summed E-state index contributed by atoms with van der Waals surface area (Å²) in [6.45, 7) is 1.95. The summed E-state index contributed by atoms with van der Waals surface area (Å²) in [7, 11) is 1.65. The molecule has 0 unspecified atom stereocenters. The van der Waals surface area contributed by atoms with E-state index in [1.54, 1.807) is 62.5 Å². The molecule has 0 fully saturated rings. The molecule has 5 heteroatoms. The fourth-order valence-electron chi connectivity index (χ4n) is 2.99. The lowest BCUT2D eigenvalue weighted by molar-refractivity contribution is -0.137. The van der Waals surface area contributed by atoms with Gasteiger partial charge in [-0.25, -0.2) is 4.39 Å². The van der Waals surface area contributed by atoms with Gasteiger partial charge in [0.25, 0.3) is 5.91 Å². The number of nitrogens with zero attached hydrogens (tertiary/aromatic N) is 1. The highest BCUT2D eigenvalue weighted by Crippen LogP contribution is 2.17. The minimum absolute atomic E-state index is 0.0731. The first-order valence-corrected chi connectivity index (χ1v) is 9.30. The van der Waals surface area contributed by atoms with Gasteiger partial charge in [-0.15, -0.1) is 0 Å². The van der Waals surface area contributed by atoms with Gasteiger partial charge >= 0.3 is 0 Å². The Morgan fingerprint density at radius 3 is 2.24 bits per heavy atom. The van der Waals surface area contributed by atoms with E-state index in [1.165, 1.54) is 17.0 Å². The standard InChI is InChI=1S/C24H22FNO3/c1-17(24(28)26(2)16-18-7-6-10-21(25)15-18)29-22-13-11-20(12-14-22)23(27)19-8-4-3-5-9-19/h3-15,17H,16H2,1-2H3/t17-/m1/s1. The highest BCUT2D eigenvalue weighted by Gasteiger charge is 2.20. The molecule has 0 N–H and O–H groups in total. The molecule has 1 atom stereocenters. The summed E-state index contributed by atoms with van der Waals surface area (Å²) in [5, 5.41) is 0. The monoisotopic (exact) mass is 391 g/mol. The van der Waals surface area contributed by atoms with Crippen molar-refractivity contribution >= 4 is 11.7 Å². The predicted octanol–water partition coefficient (Wildman–Crippen LogP) is 4.48. The number of halogens is 1. The number of carbonyl (C=O) groups excluding carboxylic acids is 2. The Morgan fingerprint density at radius 2 is 1.59 bits per heavy atom. The van der Waals surface area contributed by atoms with Crippen LogP contribution in [0.4, 0.5) is 4.39 Å². The van der Waals surface area contributed by atoms with Gasteiger partial charge in [0, 0.05) is 24.7 Å². The summed E-state index contributed by atoms with van der Waals surface area (Å²) in [6.07, 6.45) is -0.718. The maximum absolute atomic E-state index is 13.3. The zero-order valence-corrected chi connectivity index (χ0v) is 16.3. The summed E-state index contributed by atoms with van der Waals surface area (Å²) in [5.74, 6) is -0.137. The van der Waals surface area contributed by atoms with Gasteiger partial charge in [-0.05, 0) is 48.9 Å². The fourth-order valence-corrected chi connectivity index (χ4v) is 2.99. The molecule has 0 aliphatic heterocycles. The Morgan fingerprint density at radius 1 is 0.931 bits per heavy atom. The summed E-state index contributed by atoms with van der Waals surface area (Å²) in [6, 6.07) is 21.9. The highest BCUT2D eigenvalue weighted by molar-refractivity contribution is 6.08. The number of amides is 1. The molecule has 1 amide bonds. The van der Waals surface area contributed by atoms with E-state index in [0.29, 0.717) is 22.4 Å². The number of likely N-dealkylation sites (N-methyl/N-ethyl adjacent to an activating group) is 1. The van der Waals surface area contributed by atoms with Crippen molar-refractivity contribution in [2.24, 2.45) is 0 Å². The normalized spacial score (nSPS) is 11.6. The zero-order chi connectivity index (χ0) is 20.8. The first-order valence-electron chi connectivity index (χ1n) is 9.30. The molecule has 0 bridgehead atoms. The SMILES string of the molecule is C[C@@H](Oc1ccc(C(=O)c2ccccc2)cc1)C(=O)N(C)Cc1cccc(F)c1. The van der Waals surface area contributed by atoms with E-state index in [0.717, 1.165) is 0 Å². The Balaban J connectivity index is 1.60. The van der Waals surface area contributed by atoms with Crippen LogP contribution >= 0.6 is 0 Å². The smallest absolute Gasteiger partial charge is 0.263 e. The Bertz CT molecular complexity index is 987. The topological polar surface area (TPSA) is 46.6 Å². The number of hydrogen-bond acceptors (Lipinski definition) is 3. The van der Waals surface area contributed by atoms with Crippen LogP contribution in [0.1, 0.15) is 28.4 Å². The van der Waals surface area contributed by atoms with E-state index in [9.17, 15) is 14.0 Å². The molecule has 3 rings (SSSR count). The average molecular weight is 391 g/mol. The third kappa shape index (κ3) is 5.29. The molecule has 0 aromatic heterocycles. The third-order valence-corrected chi connectivity index (χ3v) is 4.50. The van der Waals surface area contributed by atoms with Crippen LogP contribution in [-0.2, 0) is 11.3 Å². The lowest BCUT2D eigenvalue weighted by Gasteiger charge is -2.22. The lowest BCUT2D eigenvalue weighted by Crippen LogP contribution is -2.37. The lowest BCUT2D eigenvalue weighted by atomic mass is 10.0. The van der Waals surface area contributed by atoms with Crippen molar-refractivity contribution in [3.63, 3.8) is 0 Å².